The average Bonchev–Trinajstić information content (AvgIpc) is 3.50. The van der Waals surface area contributed by atoms with Crippen LogP contribution in [0.1, 0.15) is 35.0 Å². The van der Waals surface area contributed by atoms with Crippen molar-refractivity contribution in [3.8, 4) is 5.69 Å². The standard InChI is InChI=1S/C27H30FN5O3S2/c1-17-9-25-20(13-30-33(25)22-5-3-21(28)4-6-22)12-24(17)26-16-32(38(35,36)27-14-29-18(2)37-27)8-7-31(26)15-19-10-23(34)11-19/h3-6,9,12-14,19,23,26,34H,7-8,10-11,15-16H2,1-2H3/t19-,23+,26-/m1/s1. The highest BCUT2D eigenvalue weighted by molar-refractivity contribution is 7.91. The van der Waals surface area contributed by atoms with Crippen molar-refractivity contribution in [3.05, 3.63) is 70.7 Å². The highest BCUT2D eigenvalue weighted by Crippen LogP contribution is 2.37. The van der Waals surface area contributed by atoms with E-state index in [0.717, 1.165) is 52.1 Å². The van der Waals surface area contributed by atoms with Gasteiger partial charge in [-0.05, 0) is 80.1 Å². The Morgan fingerprint density at radius 2 is 1.87 bits per heavy atom. The second kappa shape index (κ2) is 9.80. The molecular formula is C27H30FN5O3S2. The Bertz CT molecular complexity index is 1580. The summed E-state index contributed by atoms with van der Waals surface area (Å²) in [6.45, 7) is 6.04. The lowest BCUT2D eigenvalue weighted by molar-refractivity contribution is 0.00596. The van der Waals surface area contributed by atoms with Crippen LogP contribution in [0.25, 0.3) is 16.6 Å². The Kier molecular flexibility index (Phi) is 6.59. The summed E-state index contributed by atoms with van der Waals surface area (Å²) in [7, 11) is -3.65. The van der Waals surface area contributed by atoms with E-state index in [0.29, 0.717) is 25.6 Å². The molecule has 3 heterocycles. The van der Waals surface area contributed by atoms with Crippen LogP contribution < -0.4 is 0 Å². The van der Waals surface area contributed by atoms with Crippen LogP contribution in [0.15, 0.2) is 53.0 Å². The molecule has 1 N–H and O–H groups in total. The quantitative estimate of drug-likeness (QED) is 0.386. The molecule has 4 aromatic rings. The fourth-order valence-corrected chi connectivity index (χ4v) is 8.34. The zero-order valence-electron chi connectivity index (χ0n) is 21.3. The number of nitrogens with zero attached hydrogens (tertiary/aromatic N) is 5. The normalized spacial score (nSPS) is 23.1. The number of aryl methyl sites for hydroxylation is 2. The topological polar surface area (TPSA) is 91.6 Å². The molecule has 1 aliphatic heterocycles. The monoisotopic (exact) mass is 555 g/mol. The summed E-state index contributed by atoms with van der Waals surface area (Å²) in [4.78, 5) is 6.54. The molecule has 11 heteroatoms. The number of fused-ring (bicyclic) bond motifs is 1. The first-order chi connectivity index (χ1) is 18.2. The van der Waals surface area contributed by atoms with Gasteiger partial charge in [0.15, 0.2) is 4.21 Å². The molecule has 1 saturated heterocycles. The smallest absolute Gasteiger partial charge is 0.254 e. The number of hydrogen-bond donors (Lipinski definition) is 1. The second-order valence-corrected chi connectivity index (χ2v) is 13.8. The predicted octanol–water partition coefficient (Wildman–Crippen LogP) is 4.06. The average molecular weight is 556 g/mol. The number of benzene rings is 2. The fraction of sp³-hybridized carbons (Fsp3) is 0.407. The Morgan fingerprint density at radius 3 is 2.55 bits per heavy atom. The summed E-state index contributed by atoms with van der Waals surface area (Å²) in [5, 5.41) is 16.1. The molecule has 38 heavy (non-hydrogen) atoms. The van der Waals surface area contributed by atoms with Gasteiger partial charge in [-0.1, -0.05) is 0 Å². The van der Waals surface area contributed by atoms with Gasteiger partial charge in [0, 0.05) is 37.6 Å². The van der Waals surface area contributed by atoms with E-state index in [9.17, 15) is 17.9 Å². The van der Waals surface area contributed by atoms with Crippen LogP contribution in [0.5, 0.6) is 0 Å². The van der Waals surface area contributed by atoms with Gasteiger partial charge in [-0.15, -0.1) is 11.3 Å². The van der Waals surface area contributed by atoms with Gasteiger partial charge >= 0.3 is 0 Å². The summed E-state index contributed by atoms with van der Waals surface area (Å²) in [5.74, 6) is 0.109. The van der Waals surface area contributed by atoms with Crippen molar-refractivity contribution in [3.63, 3.8) is 0 Å². The third-order valence-corrected chi connectivity index (χ3v) is 11.0. The maximum atomic E-state index is 13.5. The minimum absolute atomic E-state index is 0.135. The molecule has 0 bridgehead atoms. The summed E-state index contributed by atoms with van der Waals surface area (Å²) in [6, 6.07) is 10.3. The van der Waals surface area contributed by atoms with Crippen LogP contribution in [0, 0.1) is 25.6 Å². The third-order valence-electron chi connectivity index (χ3n) is 7.74. The SMILES string of the molecule is Cc1ncc(S(=O)(=O)N2CCN(C[C@H]3C[C@@H](O)C3)[C@@H](c3cc4cnn(-c5ccc(F)cc5)c4cc3C)C2)s1. The number of hydrogen-bond acceptors (Lipinski definition) is 7. The molecule has 2 aromatic carbocycles. The molecule has 0 radical (unpaired) electrons. The van der Waals surface area contributed by atoms with E-state index in [-0.39, 0.29) is 22.2 Å². The number of aliphatic hydroxyl groups excluding tert-OH is 1. The van der Waals surface area contributed by atoms with Crippen LogP contribution in [0.4, 0.5) is 4.39 Å². The van der Waals surface area contributed by atoms with Crippen molar-refractivity contribution in [2.45, 2.75) is 43.0 Å². The summed E-state index contributed by atoms with van der Waals surface area (Å²) >= 11 is 1.20. The van der Waals surface area contributed by atoms with Crippen LogP contribution >= 0.6 is 11.3 Å². The minimum atomic E-state index is -3.65. The predicted molar refractivity (Wildman–Crippen MR) is 144 cm³/mol. The van der Waals surface area contributed by atoms with E-state index >= 15 is 0 Å². The summed E-state index contributed by atoms with van der Waals surface area (Å²) in [6.07, 6.45) is 4.59. The Hall–Kier alpha value is -2.70. The summed E-state index contributed by atoms with van der Waals surface area (Å²) < 4.78 is 44.1. The lowest BCUT2D eigenvalue weighted by Crippen LogP contribution is -2.52. The van der Waals surface area contributed by atoms with Crippen LogP contribution in [0.3, 0.4) is 0 Å². The minimum Gasteiger partial charge on any atom is -0.393 e. The van der Waals surface area contributed by atoms with Crippen molar-refractivity contribution in [2.24, 2.45) is 5.92 Å². The van der Waals surface area contributed by atoms with Gasteiger partial charge in [-0.2, -0.15) is 9.40 Å². The number of thiazole rings is 1. The van der Waals surface area contributed by atoms with Gasteiger partial charge in [0.1, 0.15) is 5.82 Å². The van der Waals surface area contributed by atoms with E-state index in [1.54, 1.807) is 27.3 Å². The van der Waals surface area contributed by atoms with Crippen LogP contribution in [-0.2, 0) is 10.0 Å². The first kappa shape index (κ1) is 25.6. The third kappa shape index (κ3) is 4.66. The van der Waals surface area contributed by atoms with E-state index in [1.807, 2.05) is 13.8 Å². The molecule has 1 saturated carbocycles. The molecular weight excluding hydrogens is 525 g/mol. The maximum Gasteiger partial charge on any atom is 0.254 e. The maximum absolute atomic E-state index is 13.5. The number of piperazine rings is 1. The Labute approximate surface area is 225 Å². The van der Waals surface area contributed by atoms with Gasteiger partial charge in [-0.25, -0.2) is 22.5 Å². The first-order valence-electron chi connectivity index (χ1n) is 12.8. The highest BCUT2D eigenvalue weighted by Gasteiger charge is 2.39. The first-order valence-corrected chi connectivity index (χ1v) is 15.0. The molecule has 6 rings (SSSR count). The fourth-order valence-electron chi connectivity index (χ4n) is 5.64. The van der Waals surface area contributed by atoms with Gasteiger partial charge in [0.2, 0.25) is 0 Å². The van der Waals surface area contributed by atoms with Crippen molar-refractivity contribution >= 4 is 32.3 Å². The zero-order valence-corrected chi connectivity index (χ0v) is 22.9. The molecule has 1 aliphatic carbocycles. The molecule has 0 amide bonds. The van der Waals surface area contributed by atoms with Gasteiger partial charge < -0.3 is 5.11 Å². The Balaban J connectivity index is 1.36. The van der Waals surface area contributed by atoms with E-state index < -0.39 is 10.0 Å². The number of aromatic nitrogens is 3. The second-order valence-electron chi connectivity index (χ2n) is 10.4. The lowest BCUT2D eigenvalue weighted by Gasteiger charge is -2.44. The molecule has 0 spiro atoms. The van der Waals surface area contributed by atoms with Crippen LogP contribution in [0.2, 0.25) is 0 Å². The lowest BCUT2D eigenvalue weighted by atomic mass is 9.81. The molecule has 2 fully saturated rings. The van der Waals surface area contributed by atoms with Gasteiger partial charge in [0.05, 0.1) is 34.7 Å². The van der Waals surface area contributed by atoms with E-state index in [1.165, 1.54) is 29.7 Å². The van der Waals surface area contributed by atoms with E-state index in [2.05, 4.69) is 27.1 Å². The van der Waals surface area contributed by atoms with Gasteiger partial charge in [-0.3, -0.25) is 4.90 Å². The van der Waals surface area contributed by atoms with Crippen LogP contribution in [-0.4, -0.2) is 69.8 Å². The molecule has 2 aromatic heterocycles. The Morgan fingerprint density at radius 1 is 1.11 bits per heavy atom. The van der Waals surface area contributed by atoms with Crippen molar-refractivity contribution in [2.75, 3.05) is 26.2 Å². The van der Waals surface area contributed by atoms with Crippen molar-refractivity contribution in [1.29, 1.82) is 0 Å². The number of sulfonamides is 1. The molecule has 8 nitrogen and oxygen atoms in total. The molecule has 0 unspecified atom stereocenters. The number of aliphatic hydroxyl groups is 1. The van der Waals surface area contributed by atoms with Crippen molar-refractivity contribution < 1.29 is 17.9 Å². The zero-order chi connectivity index (χ0) is 26.6. The number of rotatable bonds is 6. The van der Waals surface area contributed by atoms with E-state index in [4.69, 9.17) is 0 Å². The molecule has 2 aliphatic rings. The molecule has 1 atom stereocenters. The van der Waals surface area contributed by atoms with Crippen molar-refractivity contribution in [1.82, 2.24) is 24.0 Å². The largest absolute Gasteiger partial charge is 0.393 e. The summed E-state index contributed by atoms with van der Waals surface area (Å²) in [5.41, 5.74) is 3.79. The van der Waals surface area contributed by atoms with Gasteiger partial charge in [0.25, 0.3) is 10.0 Å². The number of halogens is 1. The highest BCUT2D eigenvalue weighted by atomic mass is 32.2. The molecule has 200 valence electrons.